The van der Waals surface area contributed by atoms with E-state index < -0.39 is 18.0 Å². The zero-order chi connectivity index (χ0) is 24.2. The normalized spacial score (nSPS) is 18.9. The summed E-state index contributed by atoms with van der Waals surface area (Å²) in [6, 6.07) is 16.1. The number of ether oxygens (including phenoxy) is 2. The minimum atomic E-state index is -1.05. The van der Waals surface area contributed by atoms with E-state index in [1.54, 1.807) is 13.8 Å². The van der Waals surface area contributed by atoms with Gasteiger partial charge in [-0.25, -0.2) is 4.79 Å². The van der Waals surface area contributed by atoms with Crippen molar-refractivity contribution in [3.63, 3.8) is 0 Å². The summed E-state index contributed by atoms with van der Waals surface area (Å²) in [5.41, 5.74) is 4.63. The number of carbonyl (C=O) groups is 3. The van der Waals surface area contributed by atoms with E-state index in [-0.39, 0.29) is 50.3 Å². The lowest BCUT2D eigenvalue weighted by molar-refractivity contribution is -0.147. The first kappa shape index (κ1) is 23.8. The molecule has 0 saturated carbocycles. The highest BCUT2D eigenvalue weighted by molar-refractivity contribution is 5.83. The number of aliphatic carboxylic acids is 1. The van der Waals surface area contributed by atoms with Crippen molar-refractivity contribution in [1.82, 2.24) is 10.2 Å². The van der Waals surface area contributed by atoms with Crippen molar-refractivity contribution in [2.75, 3.05) is 26.3 Å². The third kappa shape index (κ3) is 5.07. The Morgan fingerprint density at radius 1 is 1.09 bits per heavy atom. The number of fused-ring (bicyclic) bond motifs is 3. The second-order valence-corrected chi connectivity index (χ2v) is 9.05. The van der Waals surface area contributed by atoms with Crippen LogP contribution in [0.25, 0.3) is 11.1 Å². The largest absolute Gasteiger partial charge is 0.480 e. The molecule has 2 aliphatic rings. The maximum Gasteiger partial charge on any atom is 0.407 e. The fraction of sp³-hybridized carbons (Fsp3) is 0.423. The summed E-state index contributed by atoms with van der Waals surface area (Å²) in [5, 5.41) is 11.8. The summed E-state index contributed by atoms with van der Waals surface area (Å²) in [4.78, 5) is 37.5. The predicted octanol–water partition coefficient (Wildman–Crippen LogP) is 3.25. The second-order valence-electron chi connectivity index (χ2n) is 9.05. The van der Waals surface area contributed by atoms with E-state index in [1.165, 1.54) is 16.0 Å². The number of nitrogens with one attached hydrogen (secondary N) is 1. The molecule has 1 heterocycles. The van der Waals surface area contributed by atoms with Gasteiger partial charge in [-0.1, -0.05) is 48.5 Å². The number of benzene rings is 2. The Hall–Kier alpha value is -3.39. The molecule has 2 aromatic carbocycles. The van der Waals surface area contributed by atoms with Gasteiger partial charge >= 0.3 is 12.1 Å². The van der Waals surface area contributed by atoms with E-state index in [0.717, 1.165) is 11.1 Å². The van der Waals surface area contributed by atoms with Gasteiger partial charge in [0.05, 0.1) is 18.6 Å². The molecule has 2 aromatic rings. The highest BCUT2D eigenvalue weighted by Crippen LogP contribution is 2.44. The van der Waals surface area contributed by atoms with E-state index in [9.17, 15) is 14.4 Å². The van der Waals surface area contributed by atoms with Crippen LogP contribution in [0.2, 0.25) is 0 Å². The predicted molar refractivity (Wildman–Crippen MR) is 125 cm³/mol. The highest BCUT2D eigenvalue weighted by atomic mass is 16.5. The van der Waals surface area contributed by atoms with Crippen molar-refractivity contribution < 1.29 is 29.0 Å². The van der Waals surface area contributed by atoms with Gasteiger partial charge in [-0.05, 0) is 42.5 Å². The molecule has 1 aliphatic carbocycles. The van der Waals surface area contributed by atoms with Crippen LogP contribution in [0.1, 0.15) is 37.3 Å². The molecule has 2 atom stereocenters. The van der Waals surface area contributed by atoms with Crippen LogP contribution >= 0.6 is 0 Å². The molecule has 0 aromatic heterocycles. The number of amides is 2. The van der Waals surface area contributed by atoms with Crippen molar-refractivity contribution in [3.8, 4) is 11.1 Å². The van der Waals surface area contributed by atoms with Crippen LogP contribution in [-0.4, -0.2) is 66.4 Å². The van der Waals surface area contributed by atoms with Gasteiger partial charge in [0.2, 0.25) is 5.91 Å². The number of rotatable bonds is 8. The van der Waals surface area contributed by atoms with E-state index in [4.69, 9.17) is 14.6 Å². The number of hydrogen-bond donors (Lipinski definition) is 2. The third-order valence-electron chi connectivity index (χ3n) is 6.46. The number of nitrogens with zero attached hydrogens (tertiary/aromatic N) is 1. The Balaban J connectivity index is 1.27. The first-order chi connectivity index (χ1) is 16.3. The molecule has 8 nitrogen and oxygen atoms in total. The fourth-order valence-corrected chi connectivity index (χ4v) is 4.76. The maximum absolute atomic E-state index is 12.7. The average molecular weight is 467 g/mol. The van der Waals surface area contributed by atoms with Crippen molar-refractivity contribution in [1.29, 1.82) is 0 Å². The Kier molecular flexibility index (Phi) is 7.17. The Bertz CT molecular complexity index is 1020. The topological polar surface area (TPSA) is 105 Å². The molecule has 0 spiro atoms. The molecule has 1 saturated heterocycles. The van der Waals surface area contributed by atoms with Gasteiger partial charge in [0.1, 0.15) is 13.2 Å². The van der Waals surface area contributed by atoms with Gasteiger partial charge in [-0.2, -0.15) is 0 Å². The fourth-order valence-electron chi connectivity index (χ4n) is 4.76. The molecule has 0 bridgehead atoms. The second kappa shape index (κ2) is 10.3. The average Bonchev–Trinajstić information content (AvgIpc) is 3.42. The number of carboxylic acid groups (broad SMARTS) is 1. The van der Waals surface area contributed by atoms with E-state index in [1.807, 2.05) is 24.3 Å². The highest BCUT2D eigenvalue weighted by Gasteiger charge is 2.35. The standard InChI is InChI=1S/C26H30N2O6/c1-16(2)28(13-24(29)30)25(31)17-11-18(33-14-17)12-27-26(32)34-15-23-21-9-5-3-7-19(21)20-8-4-6-10-22(20)23/h3-10,16-18,23H,11-15H2,1-2H3,(H,27,32)(H,29,30)/t17-,18-/m0/s1. The minimum absolute atomic E-state index is 0.0147. The van der Waals surface area contributed by atoms with Gasteiger partial charge in [0.25, 0.3) is 0 Å². The number of alkyl carbamates (subject to hydrolysis) is 1. The Labute approximate surface area is 198 Å². The molecule has 180 valence electrons. The van der Waals surface area contributed by atoms with Crippen LogP contribution in [0, 0.1) is 5.92 Å². The zero-order valence-electron chi connectivity index (χ0n) is 19.4. The molecule has 2 N–H and O–H groups in total. The molecule has 0 unspecified atom stereocenters. The van der Waals surface area contributed by atoms with Crippen LogP contribution in [0.4, 0.5) is 4.79 Å². The molecule has 1 aliphatic heterocycles. The van der Waals surface area contributed by atoms with Crippen LogP contribution in [0.3, 0.4) is 0 Å². The maximum atomic E-state index is 12.7. The Morgan fingerprint density at radius 3 is 2.29 bits per heavy atom. The molecular formula is C26H30N2O6. The summed E-state index contributed by atoms with van der Waals surface area (Å²) in [6.45, 7) is 3.89. The van der Waals surface area contributed by atoms with E-state index >= 15 is 0 Å². The molecule has 1 fully saturated rings. The first-order valence-electron chi connectivity index (χ1n) is 11.6. The third-order valence-corrected chi connectivity index (χ3v) is 6.46. The summed E-state index contributed by atoms with van der Waals surface area (Å²) >= 11 is 0. The molecule has 8 heteroatoms. The molecule has 34 heavy (non-hydrogen) atoms. The Morgan fingerprint density at radius 2 is 1.71 bits per heavy atom. The van der Waals surface area contributed by atoms with E-state index in [0.29, 0.717) is 6.42 Å². The van der Waals surface area contributed by atoms with Crippen LogP contribution in [-0.2, 0) is 19.1 Å². The minimum Gasteiger partial charge on any atom is -0.480 e. The van der Waals surface area contributed by atoms with Gasteiger partial charge in [-0.3, -0.25) is 9.59 Å². The molecule has 2 amide bonds. The van der Waals surface area contributed by atoms with Crippen LogP contribution in [0.5, 0.6) is 0 Å². The molecule has 0 radical (unpaired) electrons. The van der Waals surface area contributed by atoms with Crippen LogP contribution in [0.15, 0.2) is 48.5 Å². The summed E-state index contributed by atoms with van der Waals surface area (Å²) in [7, 11) is 0. The van der Waals surface area contributed by atoms with Gasteiger partial charge < -0.3 is 24.8 Å². The van der Waals surface area contributed by atoms with Crippen molar-refractivity contribution in [3.05, 3.63) is 59.7 Å². The van der Waals surface area contributed by atoms with Crippen molar-refractivity contribution in [2.24, 2.45) is 5.92 Å². The molecule has 4 rings (SSSR count). The lowest BCUT2D eigenvalue weighted by Crippen LogP contribution is -2.44. The van der Waals surface area contributed by atoms with Crippen molar-refractivity contribution >= 4 is 18.0 Å². The number of carboxylic acids is 1. The van der Waals surface area contributed by atoms with Gasteiger partial charge in [0.15, 0.2) is 0 Å². The SMILES string of the molecule is CC(C)N(CC(=O)O)C(=O)[C@@H]1CO[C@H](CNC(=O)OCC2c3ccccc3-c3ccccc32)C1. The summed E-state index contributed by atoms with van der Waals surface area (Å²) in [6.07, 6.45) is -0.436. The first-order valence-corrected chi connectivity index (χ1v) is 11.6. The van der Waals surface area contributed by atoms with E-state index in [2.05, 4.69) is 29.6 Å². The smallest absolute Gasteiger partial charge is 0.407 e. The monoisotopic (exact) mass is 466 g/mol. The van der Waals surface area contributed by atoms with Gasteiger partial charge in [0, 0.05) is 18.5 Å². The number of hydrogen-bond acceptors (Lipinski definition) is 5. The van der Waals surface area contributed by atoms with Crippen LogP contribution < -0.4 is 5.32 Å². The molecular weight excluding hydrogens is 436 g/mol. The summed E-state index contributed by atoms with van der Waals surface area (Å²) < 4.78 is 11.2. The quantitative estimate of drug-likeness (QED) is 0.619. The lowest BCUT2D eigenvalue weighted by atomic mass is 9.98. The zero-order valence-corrected chi connectivity index (χ0v) is 19.4. The number of carbonyl (C=O) groups excluding carboxylic acids is 2. The lowest BCUT2D eigenvalue weighted by Gasteiger charge is -2.27. The summed E-state index contributed by atoms with van der Waals surface area (Å²) in [5.74, 6) is -1.72. The van der Waals surface area contributed by atoms with Gasteiger partial charge in [-0.15, -0.1) is 0 Å². The van der Waals surface area contributed by atoms with Crippen molar-refractivity contribution in [2.45, 2.75) is 38.3 Å².